The van der Waals surface area contributed by atoms with Crippen LogP contribution >= 0.6 is 0 Å². The Morgan fingerprint density at radius 2 is 2.20 bits per heavy atom. The van der Waals surface area contributed by atoms with Crippen molar-refractivity contribution in [2.75, 3.05) is 54.0 Å². The van der Waals surface area contributed by atoms with E-state index in [2.05, 4.69) is 10.6 Å². The van der Waals surface area contributed by atoms with E-state index in [0.29, 0.717) is 26.2 Å². The summed E-state index contributed by atoms with van der Waals surface area (Å²) in [5.74, 6) is -0.0470. The van der Waals surface area contributed by atoms with Gasteiger partial charge in [0.25, 0.3) is 0 Å². The minimum atomic E-state index is -0.331. The van der Waals surface area contributed by atoms with Gasteiger partial charge in [-0.2, -0.15) is 0 Å². The van der Waals surface area contributed by atoms with Crippen molar-refractivity contribution in [3.63, 3.8) is 0 Å². The second-order valence-corrected chi connectivity index (χ2v) is 5.15. The molecule has 1 aliphatic heterocycles. The van der Waals surface area contributed by atoms with Crippen LogP contribution in [0.15, 0.2) is 0 Å². The van der Waals surface area contributed by atoms with Crippen LogP contribution in [-0.4, -0.2) is 87.7 Å². The summed E-state index contributed by atoms with van der Waals surface area (Å²) in [6, 6.07) is -0.621. The molecule has 2 amide bonds. The molecule has 0 aliphatic carbocycles. The monoisotopic (exact) mass is 286 g/mol. The lowest BCUT2D eigenvalue weighted by atomic mass is 10.1. The predicted octanol–water partition coefficient (Wildman–Crippen LogP) is -1.50. The fourth-order valence-electron chi connectivity index (χ4n) is 2.29. The van der Waals surface area contributed by atoms with E-state index in [-0.39, 0.29) is 23.9 Å². The minimum absolute atomic E-state index is 0.0220. The minimum Gasteiger partial charge on any atom is -0.383 e. The zero-order valence-corrected chi connectivity index (χ0v) is 12.8. The number of methoxy groups -OCH3 is 1. The van der Waals surface area contributed by atoms with Gasteiger partial charge in [0.1, 0.15) is 6.04 Å². The number of nitrogens with zero attached hydrogens (tertiary/aromatic N) is 2. The maximum atomic E-state index is 12.2. The van der Waals surface area contributed by atoms with Gasteiger partial charge in [0, 0.05) is 47.4 Å². The van der Waals surface area contributed by atoms with Gasteiger partial charge in [0.15, 0.2) is 0 Å². The number of likely N-dealkylation sites (N-methyl/N-ethyl adjacent to an activating group) is 1. The Morgan fingerprint density at radius 1 is 1.50 bits per heavy atom. The molecule has 1 fully saturated rings. The average Bonchev–Trinajstić information content (AvgIpc) is 2.45. The zero-order chi connectivity index (χ0) is 15.1. The van der Waals surface area contributed by atoms with Gasteiger partial charge in [-0.05, 0) is 6.92 Å². The summed E-state index contributed by atoms with van der Waals surface area (Å²) in [5.41, 5.74) is 0. The highest BCUT2D eigenvalue weighted by molar-refractivity contribution is 5.85. The average molecular weight is 286 g/mol. The molecule has 0 aromatic heterocycles. The molecule has 7 heteroatoms. The summed E-state index contributed by atoms with van der Waals surface area (Å²) in [4.78, 5) is 27.8. The second kappa shape index (κ2) is 8.18. The van der Waals surface area contributed by atoms with Gasteiger partial charge >= 0.3 is 0 Å². The van der Waals surface area contributed by atoms with E-state index in [4.69, 9.17) is 4.74 Å². The maximum absolute atomic E-state index is 12.2. The van der Waals surface area contributed by atoms with Crippen LogP contribution in [0.2, 0.25) is 0 Å². The van der Waals surface area contributed by atoms with Gasteiger partial charge in [-0.25, -0.2) is 0 Å². The van der Waals surface area contributed by atoms with Crippen molar-refractivity contribution < 1.29 is 14.3 Å². The highest BCUT2D eigenvalue weighted by Crippen LogP contribution is 2.11. The van der Waals surface area contributed by atoms with Crippen LogP contribution in [-0.2, 0) is 14.3 Å². The van der Waals surface area contributed by atoms with Gasteiger partial charge < -0.3 is 20.3 Å². The smallest absolute Gasteiger partial charge is 0.240 e. The number of hydrogen-bond acceptors (Lipinski definition) is 5. The van der Waals surface area contributed by atoms with E-state index in [1.165, 1.54) is 0 Å². The van der Waals surface area contributed by atoms with Gasteiger partial charge in [0.05, 0.1) is 12.6 Å². The van der Waals surface area contributed by atoms with E-state index >= 15 is 0 Å². The molecule has 20 heavy (non-hydrogen) atoms. The number of rotatable bonds is 6. The lowest BCUT2D eigenvalue weighted by Crippen LogP contribution is -2.62. The predicted molar refractivity (Wildman–Crippen MR) is 76.4 cm³/mol. The Kier molecular flexibility index (Phi) is 6.90. The molecule has 0 bridgehead atoms. The molecular weight excluding hydrogens is 260 g/mol. The van der Waals surface area contributed by atoms with E-state index in [1.807, 2.05) is 11.8 Å². The first-order valence-electron chi connectivity index (χ1n) is 6.93. The summed E-state index contributed by atoms with van der Waals surface area (Å²) < 4.78 is 4.91. The molecule has 1 rings (SSSR count). The summed E-state index contributed by atoms with van der Waals surface area (Å²) in [5, 5.41) is 6.02. The number of carbonyl (C=O) groups excluding carboxylic acids is 2. The molecule has 7 nitrogen and oxygen atoms in total. The molecule has 2 N–H and O–H groups in total. The first-order chi connectivity index (χ1) is 9.49. The molecule has 0 radical (unpaired) electrons. The van der Waals surface area contributed by atoms with Crippen LogP contribution in [0.4, 0.5) is 0 Å². The lowest BCUT2D eigenvalue weighted by molar-refractivity contribution is -0.138. The summed E-state index contributed by atoms with van der Waals surface area (Å²) >= 11 is 0. The van der Waals surface area contributed by atoms with Crippen LogP contribution in [0, 0.1) is 0 Å². The van der Waals surface area contributed by atoms with E-state index in [0.717, 1.165) is 6.54 Å². The van der Waals surface area contributed by atoms with Crippen molar-refractivity contribution in [2.24, 2.45) is 0 Å². The Bertz CT molecular complexity index is 336. The van der Waals surface area contributed by atoms with E-state index in [1.54, 1.807) is 26.1 Å². The van der Waals surface area contributed by atoms with Crippen molar-refractivity contribution in [1.82, 2.24) is 20.4 Å². The highest BCUT2D eigenvalue weighted by atomic mass is 16.5. The van der Waals surface area contributed by atoms with Crippen molar-refractivity contribution in [2.45, 2.75) is 19.0 Å². The third-order valence-corrected chi connectivity index (χ3v) is 3.49. The number of hydrogen-bond donors (Lipinski definition) is 2. The second-order valence-electron chi connectivity index (χ2n) is 5.15. The fourth-order valence-corrected chi connectivity index (χ4v) is 2.29. The van der Waals surface area contributed by atoms with Crippen LogP contribution < -0.4 is 10.6 Å². The number of amides is 2. The first kappa shape index (κ1) is 16.9. The Labute approximate surface area is 120 Å². The Morgan fingerprint density at radius 3 is 2.80 bits per heavy atom. The summed E-state index contributed by atoms with van der Waals surface area (Å²) in [7, 11) is 5.06. The van der Waals surface area contributed by atoms with Gasteiger partial charge in [0.2, 0.25) is 11.8 Å². The molecule has 0 saturated carbocycles. The van der Waals surface area contributed by atoms with Crippen molar-refractivity contribution in [1.29, 1.82) is 0 Å². The summed E-state index contributed by atoms with van der Waals surface area (Å²) in [6.45, 7) is 4.85. The maximum Gasteiger partial charge on any atom is 0.240 e. The first-order valence-corrected chi connectivity index (χ1v) is 6.93. The molecular formula is C13H26N4O3. The molecule has 2 atom stereocenters. The number of ether oxygens (including phenoxy) is 1. The molecule has 1 saturated heterocycles. The van der Waals surface area contributed by atoms with Gasteiger partial charge in [-0.15, -0.1) is 0 Å². The molecule has 116 valence electrons. The fraction of sp³-hybridized carbons (Fsp3) is 0.846. The largest absolute Gasteiger partial charge is 0.383 e. The Hall–Kier alpha value is -1.18. The SMILES string of the molecule is COCCNC(=O)C(C)N1CCNCC1C(=O)N(C)C. The molecule has 2 unspecified atom stereocenters. The molecule has 1 heterocycles. The van der Waals surface area contributed by atoms with E-state index < -0.39 is 0 Å². The van der Waals surface area contributed by atoms with Crippen LogP contribution in [0.3, 0.4) is 0 Å². The van der Waals surface area contributed by atoms with Crippen LogP contribution in [0.1, 0.15) is 6.92 Å². The van der Waals surface area contributed by atoms with Crippen molar-refractivity contribution in [3.8, 4) is 0 Å². The molecule has 0 spiro atoms. The number of nitrogens with one attached hydrogen (secondary N) is 2. The van der Waals surface area contributed by atoms with Crippen LogP contribution in [0.25, 0.3) is 0 Å². The molecule has 0 aromatic carbocycles. The third-order valence-electron chi connectivity index (χ3n) is 3.49. The Balaban J connectivity index is 2.64. The van der Waals surface area contributed by atoms with Crippen molar-refractivity contribution in [3.05, 3.63) is 0 Å². The van der Waals surface area contributed by atoms with Crippen LogP contribution in [0.5, 0.6) is 0 Å². The lowest BCUT2D eigenvalue weighted by Gasteiger charge is -2.39. The molecule has 0 aromatic rings. The number of piperazine rings is 1. The van der Waals surface area contributed by atoms with Gasteiger partial charge in [-0.1, -0.05) is 0 Å². The molecule has 1 aliphatic rings. The normalized spacial score (nSPS) is 21.3. The summed E-state index contributed by atoms with van der Waals surface area (Å²) in [6.07, 6.45) is 0. The number of carbonyl (C=O) groups is 2. The topological polar surface area (TPSA) is 73.9 Å². The standard InChI is InChI=1S/C13H26N4O3/c1-10(12(18)15-6-8-20-4)17-7-5-14-9-11(17)13(19)16(2)3/h10-11,14H,5-9H2,1-4H3,(H,15,18). The van der Waals surface area contributed by atoms with Crippen molar-refractivity contribution >= 4 is 11.8 Å². The highest BCUT2D eigenvalue weighted by Gasteiger charge is 2.35. The zero-order valence-electron chi connectivity index (χ0n) is 12.8. The quantitative estimate of drug-likeness (QED) is 0.581. The van der Waals surface area contributed by atoms with Gasteiger partial charge in [-0.3, -0.25) is 14.5 Å². The van der Waals surface area contributed by atoms with E-state index in [9.17, 15) is 9.59 Å². The third kappa shape index (κ3) is 4.43.